The maximum absolute atomic E-state index is 13.4. The number of carboxylic acid groups (broad SMARTS) is 1. The topological polar surface area (TPSA) is 466 Å². The number of carboxylic acids is 1. The Bertz CT molecular complexity index is 3150. The standard InChI is InChI=1S/C45H66N10O8.C10H12N5O3.Co/c1-21-36-24(10-13-30(47)57)41(3,4)28(53-36)18-27-23(9-12-29(46)56)43(6,19-33(50)60)39(52-27)22(2)37-25(11-14-31(48)58)44(7,20-34(51)61)45(8,55-37)40-26(17-32(49)59)42(5,38(21)54-40)16-15-35(62)63;1-4-6(16)7(17)10(18-4)15-3-14-5-8(11)12-2-13-9(5)15;/h18,23-26,40H,9-17,19-20H2,1-8H3,(H14,46,47,48,49,50,51,52,53,54,55,56,57,58,59,60,61,62,63);2-4,6-7,10,16-17H,1H2,(H2,11,12,13);/q;-1;+3/p-1/t23-,24-,25-,26+,40?,42-,43+,44+,45+;4-,6-,7-,10-;/m11./s1. The van der Waals surface area contributed by atoms with E-state index >= 15 is 0 Å². The molecule has 82 heavy (non-hydrogen) atoms. The van der Waals surface area contributed by atoms with Crippen molar-refractivity contribution in [3.8, 4) is 0 Å². The molecule has 0 saturated carbocycles. The van der Waals surface area contributed by atoms with Crippen LogP contribution in [0.1, 0.15) is 132 Å². The van der Waals surface area contributed by atoms with Gasteiger partial charge in [0, 0.05) is 108 Å². The summed E-state index contributed by atoms with van der Waals surface area (Å²) in [6, 6.07) is -0.938. The van der Waals surface area contributed by atoms with Gasteiger partial charge in [-0.05, 0) is 80.1 Å². The fourth-order valence-corrected chi connectivity index (χ4v) is 13.8. The molecule has 446 valence electrons. The minimum absolute atomic E-state index is 0. The maximum Gasteiger partial charge on any atom is 3.00 e. The summed E-state index contributed by atoms with van der Waals surface area (Å²) in [5.74, 6) is -6.98. The molecule has 13 atom stereocenters. The number of ether oxygens (including phenoxy) is 1. The molecule has 8 bridgehead atoms. The number of nitrogens with zero attached hydrogens (tertiary/aromatic N) is 8. The van der Waals surface area contributed by atoms with Crippen LogP contribution in [0.4, 0.5) is 5.82 Å². The summed E-state index contributed by atoms with van der Waals surface area (Å²) in [6.45, 7) is 18.6. The Hall–Kier alpha value is -6.94. The van der Waals surface area contributed by atoms with Crippen molar-refractivity contribution in [3.05, 3.63) is 59.2 Å². The van der Waals surface area contributed by atoms with E-state index in [1.54, 1.807) is 6.92 Å². The first-order valence-electron chi connectivity index (χ1n) is 27.0. The Morgan fingerprint density at radius 3 is 1.84 bits per heavy atom. The van der Waals surface area contributed by atoms with E-state index in [0.29, 0.717) is 56.5 Å². The number of imidazole rings is 1. The first-order valence-corrected chi connectivity index (χ1v) is 27.0. The van der Waals surface area contributed by atoms with E-state index in [0.717, 1.165) is 0 Å². The number of hydrogen-bond donors (Lipinski definition) is 10. The van der Waals surface area contributed by atoms with Crippen LogP contribution < -0.4 is 40.1 Å². The predicted octanol–water partition coefficient (Wildman–Crippen LogP) is 1.97. The summed E-state index contributed by atoms with van der Waals surface area (Å²) in [5.41, 5.74) is 40.4. The van der Waals surface area contributed by atoms with Gasteiger partial charge in [0.1, 0.15) is 17.9 Å². The van der Waals surface area contributed by atoms with Crippen molar-refractivity contribution in [1.82, 2.24) is 19.5 Å². The second-order valence-corrected chi connectivity index (χ2v) is 24.0. The number of amides is 6. The van der Waals surface area contributed by atoms with E-state index in [-0.39, 0.29) is 93.2 Å². The van der Waals surface area contributed by atoms with E-state index in [2.05, 4.69) is 21.9 Å². The first kappa shape index (κ1) is 64.2. The molecule has 6 amide bonds. The number of aliphatic hydroxyl groups is 2. The molecule has 0 aromatic carbocycles. The van der Waals surface area contributed by atoms with Crippen LogP contribution in [0.3, 0.4) is 0 Å². The van der Waals surface area contributed by atoms with Crippen LogP contribution >= 0.6 is 0 Å². The normalized spacial score (nSPS) is 34.8. The predicted molar refractivity (Wildman–Crippen MR) is 298 cm³/mol. The molecule has 0 spiro atoms. The third-order valence-electron chi connectivity index (χ3n) is 18.4. The Labute approximate surface area is 485 Å². The zero-order valence-electron chi connectivity index (χ0n) is 47.5. The molecule has 0 radical (unpaired) electrons. The van der Waals surface area contributed by atoms with Gasteiger partial charge in [0.2, 0.25) is 35.4 Å². The smallest absolute Gasteiger partial charge is 0.680 e. The van der Waals surface area contributed by atoms with Gasteiger partial charge in [-0.25, -0.2) is 15.0 Å². The molecule has 17 N–H and O–H groups in total. The Balaban J connectivity index is 0.000000477. The van der Waals surface area contributed by atoms with Crippen LogP contribution in [0.25, 0.3) is 16.5 Å². The number of aromatic nitrogens is 4. The quantitative estimate of drug-likeness (QED) is 0.0899. The summed E-state index contributed by atoms with van der Waals surface area (Å²) in [4.78, 5) is 118. The average Bonchev–Trinajstić information content (AvgIpc) is 2.58. The van der Waals surface area contributed by atoms with E-state index in [1.165, 1.54) is 17.2 Å². The molecular formula is C55H77CoN15O11+. The van der Waals surface area contributed by atoms with Crippen LogP contribution in [0.2, 0.25) is 0 Å². The zero-order valence-corrected chi connectivity index (χ0v) is 48.5. The van der Waals surface area contributed by atoms with Crippen molar-refractivity contribution in [2.75, 3.05) is 5.73 Å². The van der Waals surface area contributed by atoms with Crippen LogP contribution in [-0.4, -0.2) is 123 Å². The summed E-state index contributed by atoms with van der Waals surface area (Å²) in [6.07, 6.45) is 0.469. The number of rotatable bonds is 19. The molecule has 2 aromatic rings. The fraction of sp³-hybridized carbons (Fsp3) is 0.600. The molecule has 2 aromatic heterocycles. The Morgan fingerprint density at radius 2 is 1.30 bits per heavy atom. The van der Waals surface area contributed by atoms with E-state index in [1.807, 2.05) is 54.5 Å². The largest absolute Gasteiger partial charge is 3.00 e. The van der Waals surface area contributed by atoms with Gasteiger partial charge in [0.15, 0.2) is 17.7 Å². The van der Waals surface area contributed by atoms with Gasteiger partial charge in [0.05, 0.1) is 12.4 Å². The number of aliphatic hydroxyl groups excluding tert-OH is 2. The number of carbonyl (C=O) groups is 7. The molecule has 2 fully saturated rings. The van der Waals surface area contributed by atoms with Gasteiger partial charge in [-0.15, -0.1) is 0 Å². The molecule has 26 nitrogen and oxygen atoms in total. The van der Waals surface area contributed by atoms with E-state index in [4.69, 9.17) is 65.2 Å². The van der Waals surface area contributed by atoms with Gasteiger partial charge in [0.25, 0.3) is 0 Å². The van der Waals surface area contributed by atoms with Gasteiger partial charge >= 0.3 is 22.7 Å². The zero-order chi connectivity index (χ0) is 60.2. The number of hydrogen-bond acceptors (Lipinski definition) is 17. The van der Waals surface area contributed by atoms with Crippen LogP contribution in [0.5, 0.6) is 0 Å². The monoisotopic (exact) mass is 1180 g/mol. The minimum Gasteiger partial charge on any atom is -0.680 e. The minimum atomic E-state index is -1.41. The summed E-state index contributed by atoms with van der Waals surface area (Å²) < 4.78 is 6.90. The van der Waals surface area contributed by atoms with Gasteiger partial charge in [-0.3, -0.25) is 53.1 Å². The second kappa shape index (κ2) is 23.7. The van der Waals surface area contributed by atoms with E-state index < -0.39 is 123 Å². The molecule has 6 aliphatic heterocycles. The fourth-order valence-electron chi connectivity index (χ4n) is 13.8. The van der Waals surface area contributed by atoms with Crippen molar-refractivity contribution >= 4 is 75.5 Å². The van der Waals surface area contributed by atoms with Gasteiger partial charge in [-0.1, -0.05) is 47.1 Å². The summed E-state index contributed by atoms with van der Waals surface area (Å²) in [7, 11) is 0. The van der Waals surface area contributed by atoms with Crippen molar-refractivity contribution in [3.63, 3.8) is 0 Å². The number of aliphatic imine (C=N–C) groups is 3. The van der Waals surface area contributed by atoms with Crippen molar-refractivity contribution in [2.24, 2.45) is 94.7 Å². The molecule has 8 heterocycles. The van der Waals surface area contributed by atoms with E-state index in [9.17, 15) is 48.9 Å². The molecule has 2 saturated heterocycles. The summed E-state index contributed by atoms with van der Waals surface area (Å²) >= 11 is 0. The third kappa shape index (κ3) is 11.6. The van der Waals surface area contributed by atoms with Crippen molar-refractivity contribution in [2.45, 2.75) is 162 Å². The molecule has 0 aliphatic carbocycles. The second-order valence-electron chi connectivity index (χ2n) is 24.0. The Morgan fingerprint density at radius 1 is 0.720 bits per heavy atom. The van der Waals surface area contributed by atoms with Crippen LogP contribution in [-0.2, 0) is 55.1 Å². The van der Waals surface area contributed by atoms with Crippen LogP contribution in [0, 0.1) is 52.3 Å². The maximum atomic E-state index is 13.4. The number of aliphatic carboxylic acids is 1. The number of allylic oxidation sites excluding steroid dienone is 6. The van der Waals surface area contributed by atoms with Crippen molar-refractivity contribution in [1.29, 1.82) is 0 Å². The number of nitrogens with two attached hydrogens (primary N) is 7. The third-order valence-corrected chi connectivity index (χ3v) is 18.4. The molecule has 8 rings (SSSR count). The molecule has 27 heteroatoms. The van der Waals surface area contributed by atoms with Crippen molar-refractivity contribution < 1.29 is 70.4 Å². The number of carbonyl (C=O) groups excluding carboxylic acids is 6. The Kier molecular flexibility index (Phi) is 18.6. The first-order chi connectivity index (χ1) is 37.6. The van der Waals surface area contributed by atoms with Crippen LogP contribution in [0.15, 0.2) is 61.9 Å². The SMILES string of the molecule is C/C1=C2N=C(/C=C3N=C(/C(C)=C4\[N-][C@@](C)(C5N=C1[C@](C)(CCC(=O)O)[C@H]5CC(N)=O)[C@@](C)(CC(N)=O)[C@@H]4CCC(N)=O)[C@@](C)(CC(N)=O)[C@@H]\3CCC(N)=O)C(C)(C)[C@@H]/2CCC(N)=O.[CH2-][C@H]1O[C@@H](n2cnc3c(N)ncnc32)[C@H](O)[C@@H]1O.[Co+3]. The van der Waals surface area contributed by atoms with Gasteiger partial charge in [-0.2, -0.15) is 5.70 Å². The number of primary amides is 6. The average molecular weight is 1180 g/mol. The number of fused-ring (bicyclic) bond motifs is 7. The molecule has 1 unspecified atom stereocenters. The molecule has 6 aliphatic rings. The number of anilines is 1. The molecular weight excluding hydrogens is 1110 g/mol. The number of nitrogen functional groups attached to an aromatic ring is 1. The van der Waals surface area contributed by atoms with Gasteiger partial charge < -0.3 is 72.4 Å². The summed E-state index contributed by atoms with van der Waals surface area (Å²) in [5, 5.41) is 35.2.